The van der Waals surface area contributed by atoms with Crippen molar-refractivity contribution in [2.45, 2.75) is 65.5 Å². The Kier molecular flexibility index (Phi) is 8.67. The van der Waals surface area contributed by atoms with Crippen LogP contribution in [0.25, 0.3) is 0 Å². The molecule has 0 radical (unpaired) electrons. The van der Waals surface area contributed by atoms with Crippen LogP contribution in [0.5, 0.6) is 0 Å². The highest BCUT2D eigenvalue weighted by atomic mass is 16.5. The van der Waals surface area contributed by atoms with Crippen molar-refractivity contribution < 1.29 is 4.74 Å². The first kappa shape index (κ1) is 16.9. The van der Waals surface area contributed by atoms with Gasteiger partial charge in [0.1, 0.15) is 0 Å². The van der Waals surface area contributed by atoms with Gasteiger partial charge in [0.05, 0.1) is 6.61 Å². The Bertz CT molecular complexity index is 223. The van der Waals surface area contributed by atoms with E-state index in [0.717, 1.165) is 32.2 Å². The summed E-state index contributed by atoms with van der Waals surface area (Å²) in [4.78, 5) is 2.64. The molecule has 1 saturated heterocycles. The first-order valence-corrected chi connectivity index (χ1v) is 8.28. The van der Waals surface area contributed by atoms with E-state index < -0.39 is 0 Å². The third-order valence-corrected chi connectivity index (χ3v) is 4.53. The standard InChI is InChI=1S/C16H34N2O/c1-5-8-10-19-11-9-18-13-16(14(4)6-2)17-12-15(18)7-3/h14-17H,5-13H2,1-4H3. The Balaban J connectivity index is 2.33. The molecule has 1 fully saturated rings. The van der Waals surface area contributed by atoms with Crippen LogP contribution in [0.1, 0.15) is 53.4 Å². The zero-order valence-corrected chi connectivity index (χ0v) is 13.5. The summed E-state index contributed by atoms with van der Waals surface area (Å²) in [5.74, 6) is 0.765. The van der Waals surface area contributed by atoms with Crippen LogP contribution in [0.4, 0.5) is 0 Å². The van der Waals surface area contributed by atoms with Gasteiger partial charge in [0.15, 0.2) is 0 Å². The fourth-order valence-corrected chi connectivity index (χ4v) is 2.76. The SMILES string of the molecule is CCCCOCCN1CC(C(C)CC)NCC1CC. The molecular weight excluding hydrogens is 236 g/mol. The highest BCUT2D eigenvalue weighted by Crippen LogP contribution is 2.16. The van der Waals surface area contributed by atoms with Crippen molar-refractivity contribution in [3.05, 3.63) is 0 Å². The Hall–Kier alpha value is -0.120. The molecular formula is C16H34N2O. The van der Waals surface area contributed by atoms with E-state index in [9.17, 15) is 0 Å². The van der Waals surface area contributed by atoms with Crippen LogP contribution in [0.3, 0.4) is 0 Å². The van der Waals surface area contributed by atoms with Crippen LogP contribution in [-0.4, -0.2) is 49.8 Å². The molecule has 0 aliphatic carbocycles. The maximum Gasteiger partial charge on any atom is 0.0593 e. The molecule has 1 heterocycles. The molecule has 0 aromatic heterocycles. The van der Waals surface area contributed by atoms with Crippen LogP contribution < -0.4 is 5.32 Å². The van der Waals surface area contributed by atoms with Crippen molar-refractivity contribution in [3.8, 4) is 0 Å². The summed E-state index contributed by atoms with van der Waals surface area (Å²) in [5, 5.41) is 3.73. The van der Waals surface area contributed by atoms with Gasteiger partial charge in [-0.1, -0.05) is 40.5 Å². The third kappa shape index (κ3) is 5.80. The van der Waals surface area contributed by atoms with Gasteiger partial charge in [-0.2, -0.15) is 0 Å². The quantitative estimate of drug-likeness (QED) is 0.652. The van der Waals surface area contributed by atoms with Gasteiger partial charge in [-0.25, -0.2) is 0 Å². The van der Waals surface area contributed by atoms with E-state index in [1.54, 1.807) is 0 Å². The van der Waals surface area contributed by atoms with Gasteiger partial charge < -0.3 is 10.1 Å². The maximum absolute atomic E-state index is 5.73. The van der Waals surface area contributed by atoms with E-state index in [1.165, 1.54) is 32.2 Å². The summed E-state index contributed by atoms with van der Waals surface area (Å²) < 4.78 is 5.73. The zero-order chi connectivity index (χ0) is 14.1. The summed E-state index contributed by atoms with van der Waals surface area (Å²) in [6.45, 7) is 14.4. The Morgan fingerprint density at radius 1 is 1.26 bits per heavy atom. The van der Waals surface area contributed by atoms with Crippen LogP contribution >= 0.6 is 0 Å². The number of hydrogen-bond donors (Lipinski definition) is 1. The Labute approximate surface area is 120 Å². The first-order valence-electron chi connectivity index (χ1n) is 8.28. The number of rotatable bonds is 9. The molecule has 3 unspecified atom stereocenters. The van der Waals surface area contributed by atoms with Gasteiger partial charge in [0.2, 0.25) is 0 Å². The smallest absolute Gasteiger partial charge is 0.0593 e. The lowest BCUT2D eigenvalue weighted by atomic mass is 9.95. The summed E-state index contributed by atoms with van der Waals surface area (Å²) in [7, 11) is 0. The molecule has 0 bridgehead atoms. The summed E-state index contributed by atoms with van der Waals surface area (Å²) >= 11 is 0. The summed E-state index contributed by atoms with van der Waals surface area (Å²) in [6, 6.07) is 1.35. The van der Waals surface area contributed by atoms with Crippen LogP contribution in [-0.2, 0) is 4.74 Å². The molecule has 3 nitrogen and oxygen atoms in total. The minimum Gasteiger partial charge on any atom is -0.380 e. The topological polar surface area (TPSA) is 24.5 Å². The van der Waals surface area contributed by atoms with Gasteiger partial charge in [-0.3, -0.25) is 4.90 Å². The molecule has 1 N–H and O–H groups in total. The molecule has 0 amide bonds. The molecule has 114 valence electrons. The number of ether oxygens (including phenoxy) is 1. The molecule has 19 heavy (non-hydrogen) atoms. The van der Waals surface area contributed by atoms with Crippen molar-refractivity contribution in [1.82, 2.24) is 10.2 Å². The summed E-state index contributed by atoms with van der Waals surface area (Å²) in [5.41, 5.74) is 0. The lowest BCUT2D eigenvalue weighted by Gasteiger charge is -2.42. The van der Waals surface area contributed by atoms with Gasteiger partial charge >= 0.3 is 0 Å². The first-order chi connectivity index (χ1) is 9.22. The predicted molar refractivity (Wildman–Crippen MR) is 82.6 cm³/mol. The molecule has 1 aliphatic rings. The highest BCUT2D eigenvalue weighted by molar-refractivity contribution is 4.87. The number of nitrogens with one attached hydrogen (secondary N) is 1. The van der Waals surface area contributed by atoms with Gasteiger partial charge in [-0.05, 0) is 18.8 Å². The molecule has 1 rings (SSSR count). The normalized spacial score (nSPS) is 26.5. The molecule has 1 aliphatic heterocycles. The summed E-state index contributed by atoms with van der Waals surface area (Å²) in [6.07, 6.45) is 4.90. The van der Waals surface area contributed by atoms with Gasteiger partial charge in [0, 0.05) is 38.3 Å². The van der Waals surface area contributed by atoms with Crippen molar-refractivity contribution in [2.24, 2.45) is 5.92 Å². The number of nitrogens with zero attached hydrogens (tertiary/aromatic N) is 1. The van der Waals surface area contributed by atoms with E-state index >= 15 is 0 Å². The molecule has 3 atom stereocenters. The lowest BCUT2D eigenvalue weighted by Crippen LogP contribution is -2.58. The number of hydrogen-bond acceptors (Lipinski definition) is 3. The van der Waals surface area contributed by atoms with Crippen molar-refractivity contribution in [3.63, 3.8) is 0 Å². The minimum absolute atomic E-state index is 0.656. The Morgan fingerprint density at radius 2 is 2.05 bits per heavy atom. The minimum atomic E-state index is 0.656. The zero-order valence-electron chi connectivity index (χ0n) is 13.5. The molecule has 0 aromatic carbocycles. The largest absolute Gasteiger partial charge is 0.380 e. The maximum atomic E-state index is 5.73. The third-order valence-electron chi connectivity index (χ3n) is 4.53. The van der Waals surface area contributed by atoms with Crippen LogP contribution in [0.2, 0.25) is 0 Å². The number of piperazine rings is 1. The van der Waals surface area contributed by atoms with Crippen LogP contribution in [0, 0.1) is 5.92 Å². The lowest BCUT2D eigenvalue weighted by molar-refractivity contribution is 0.0551. The predicted octanol–water partition coefficient (Wildman–Crippen LogP) is 2.90. The van der Waals surface area contributed by atoms with E-state index in [4.69, 9.17) is 4.74 Å². The average Bonchev–Trinajstić information content (AvgIpc) is 2.46. The Morgan fingerprint density at radius 3 is 2.68 bits per heavy atom. The molecule has 0 aromatic rings. The second-order valence-corrected chi connectivity index (χ2v) is 5.92. The highest BCUT2D eigenvalue weighted by Gasteiger charge is 2.28. The molecule has 3 heteroatoms. The van der Waals surface area contributed by atoms with E-state index in [-0.39, 0.29) is 0 Å². The monoisotopic (exact) mass is 270 g/mol. The van der Waals surface area contributed by atoms with Gasteiger partial charge in [0.25, 0.3) is 0 Å². The van der Waals surface area contributed by atoms with Crippen molar-refractivity contribution >= 4 is 0 Å². The van der Waals surface area contributed by atoms with Crippen molar-refractivity contribution in [2.75, 3.05) is 32.8 Å². The average molecular weight is 270 g/mol. The second-order valence-electron chi connectivity index (χ2n) is 5.92. The van der Waals surface area contributed by atoms with E-state index in [0.29, 0.717) is 12.1 Å². The second kappa shape index (κ2) is 9.73. The fraction of sp³-hybridized carbons (Fsp3) is 1.00. The van der Waals surface area contributed by atoms with Crippen LogP contribution in [0.15, 0.2) is 0 Å². The molecule has 0 spiro atoms. The van der Waals surface area contributed by atoms with Gasteiger partial charge in [-0.15, -0.1) is 0 Å². The fourth-order valence-electron chi connectivity index (χ4n) is 2.76. The van der Waals surface area contributed by atoms with E-state index in [1.807, 2.05) is 0 Å². The van der Waals surface area contributed by atoms with E-state index in [2.05, 4.69) is 37.9 Å². The number of unbranched alkanes of at least 4 members (excludes halogenated alkanes) is 1. The molecule has 0 saturated carbocycles. The van der Waals surface area contributed by atoms with Crippen molar-refractivity contribution in [1.29, 1.82) is 0 Å².